The summed E-state index contributed by atoms with van der Waals surface area (Å²) in [5.41, 5.74) is 5.09. The van der Waals surface area contributed by atoms with Crippen LogP contribution in [-0.4, -0.2) is 26.1 Å². The van der Waals surface area contributed by atoms with Crippen LogP contribution in [0.5, 0.6) is 0 Å². The Morgan fingerprint density at radius 2 is 1.83 bits per heavy atom. The fourth-order valence-corrected chi connectivity index (χ4v) is 3.31. The molecule has 0 spiro atoms. The number of imidazole rings is 1. The Bertz CT molecular complexity index is 1190. The third-order valence-corrected chi connectivity index (χ3v) is 4.97. The molecule has 0 aliphatic heterocycles. The first-order chi connectivity index (χ1) is 14.5. The summed E-state index contributed by atoms with van der Waals surface area (Å²) in [5.74, 6) is 0.443. The highest BCUT2D eigenvalue weighted by atomic mass is 16.2. The number of Topliss-reactive ketones (excluding diaryl/α,β-unsaturated/α-hetero) is 1. The van der Waals surface area contributed by atoms with Crippen molar-refractivity contribution in [2.75, 3.05) is 5.32 Å². The first kappa shape index (κ1) is 19.5. The molecule has 2 aromatic carbocycles. The van der Waals surface area contributed by atoms with Crippen LogP contribution >= 0.6 is 0 Å². The average molecular weight is 398 g/mol. The van der Waals surface area contributed by atoms with Gasteiger partial charge in [-0.15, -0.1) is 0 Å². The predicted octanol–water partition coefficient (Wildman–Crippen LogP) is 4.61. The molecule has 0 saturated heterocycles. The number of rotatable bonds is 6. The van der Waals surface area contributed by atoms with Gasteiger partial charge in [0.1, 0.15) is 0 Å². The lowest BCUT2D eigenvalue weighted by Crippen LogP contribution is -2.14. The Morgan fingerprint density at radius 3 is 2.60 bits per heavy atom. The van der Waals surface area contributed by atoms with Gasteiger partial charge in [0.25, 0.3) is 0 Å². The number of nitrogens with one attached hydrogen (secondary N) is 1. The minimum absolute atomic E-state index is 0.0119. The van der Waals surface area contributed by atoms with Crippen LogP contribution in [0, 0.1) is 13.8 Å². The maximum absolute atomic E-state index is 12.5. The van der Waals surface area contributed by atoms with Crippen LogP contribution in [0.4, 0.5) is 5.69 Å². The molecule has 6 heteroatoms. The Morgan fingerprint density at radius 1 is 1.03 bits per heavy atom. The van der Waals surface area contributed by atoms with Crippen LogP contribution in [0.25, 0.3) is 17.0 Å². The highest BCUT2D eigenvalue weighted by Gasteiger charge is 2.12. The SMILES string of the molecule is Cc1ccc(C)c(C(=O)CCC(=O)Nc2ccc(-c3cn4cccnc4n3)cc2)c1. The molecular weight excluding hydrogens is 376 g/mol. The molecule has 150 valence electrons. The van der Waals surface area contributed by atoms with E-state index in [-0.39, 0.29) is 24.5 Å². The van der Waals surface area contributed by atoms with Crippen molar-refractivity contribution in [3.8, 4) is 11.3 Å². The minimum atomic E-state index is -0.182. The van der Waals surface area contributed by atoms with Crippen molar-refractivity contribution in [3.63, 3.8) is 0 Å². The van der Waals surface area contributed by atoms with Gasteiger partial charge >= 0.3 is 0 Å². The normalized spacial score (nSPS) is 10.9. The molecule has 0 fully saturated rings. The molecule has 0 unspecified atom stereocenters. The predicted molar refractivity (Wildman–Crippen MR) is 117 cm³/mol. The molecule has 30 heavy (non-hydrogen) atoms. The van der Waals surface area contributed by atoms with Crippen LogP contribution < -0.4 is 5.32 Å². The number of benzene rings is 2. The quantitative estimate of drug-likeness (QED) is 0.481. The summed E-state index contributed by atoms with van der Waals surface area (Å²) in [7, 11) is 0. The van der Waals surface area contributed by atoms with Gasteiger partial charge in [-0.3, -0.25) is 14.0 Å². The number of nitrogens with zero attached hydrogens (tertiary/aromatic N) is 3. The number of aromatic nitrogens is 3. The van der Waals surface area contributed by atoms with Gasteiger partial charge in [-0.2, -0.15) is 0 Å². The van der Waals surface area contributed by atoms with Gasteiger partial charge in [0.2, 0.25) is 11.7 Å². The Kier molecular flexibility index (Phi) is 5.39. The van der Waals surface area contributed by atoms with Crippen LogP contribution in [0.2, 0.25) is 0 Å². The van der Waals surface area contributed by atoms with Crippen molar-refractivity contribution in [2.45, 2.75) is 26.7 Å². The van der Waals surface area contributed by atoms with E-state index in [0.29, 0.717) is 17.0 Å². The Balaban J connectivity index is 1.36. The van der Waals surface area contributed by atoms with Crippen LogP contribution in [0.3, 0.4) is 0 Å². The van der Waals surface area contributed by atoms with E-state index in [9.17, 15) is 9.59 Å². The fourth-order valence-electron chi connectivity index (χ4n) is 3.31. The summed E-state index contributed by atoms with van der Waals surface area (Å²) >= 11 is 0. The highest BCUT2D eigenvalue weighted by Crippen LogP contribution is 2.21. The molecule has 6 nitrogen and oxygen atoms in total. The molecule has 1 N–H and O–H groups in total. The van der Waals surface area contributed by atoms with E-state index in [1.54, 1.807) is 6.20 Å². The summed E-state index contributed by atoms with van der Waals surface area (Å²) in [6.45, 7) is 3.86. The lowest BCUT2D eigenvalue weighted by Gasteiger charge is -2.08. The number of hydrogen-bond acceptors (Lipinski definition) is 4. The summed E-state index contributed by atoms with van der Waals surface area (Å²) in [6.07, 6.45) is 5.84. The van der Waals surface area contributed by atoms with Crippen molar-refractivity contribution in [1.29, 1.82) is 0 Å². The van der Waals surface area contributed by atoms with Crippen molar-refractivity contribution in [2.24, 2.45) is 0 Å². The largest absolute Gasteiger partial charge is 0.326 e. The van der Waals surface area contributed by atoms with E-state index in [0.717, 1.165) is 22.4 Å². The number of carbonyl (C=O) groups is 2. The minimum Gasteiger partial charge on any atom is -0.326 e. The van der Waals surface area contributed by atoms with Crippen LogP contribution in [0.15, 0.2) is 67.1 Å². The smallest absolute Gasteiger partial charge is 0.234 e. The standard InChI is InChI=1S/C24H22N4O2/c1-16-4-5-17(2)20(14-16)22(29)10-11-23(30)26-19-8-6-18(7-9-19)21-15-28-13-3-12-25-24(28)27-21/h3-9,12-15H,10-11H2,1-2H3,(H,26,30). The van der Waals surface area contributed by atoms with Gasteiger partial charge in [0.15, 0.2) is 5.78 Å². The molecule has 0 saturated carbocycles. The Labute approximate surface area is 174 Å². The molecule has 0 aliphatic rings. The zero-order valence-electron chi connectivity index (χ0n) is 16.9. The van der Waals surface area contributed by atoms with Crippen LogP contribution in [0.1, 0.15) is 34.3 Å². The van der Waals surface area contributed by atoms with Gasteiger partial charge < -0.3 is 5.32 Å². The number of amides is 1. The van der Waals surface area contributed by atoms with Gasteiger partial charge in [0, 0.05) is 48.2 Å². The molecule has 0 aliphatic carbocycles. The van der Waals surface area contributed by atoms with E-state index < -0.39 is 0 Å². The molecule has 2 heterocycles. The zero-order valence-corrected chi connectivity index (χ0v) is 16.9. The van der Waals surface area contributed by atoms with E-state index in [1.165, 1.54) is 0 Å². The first-order valence-electron chi connectivity index (χ1n) is 9.80. The van der Waals surface area contributed by atoms with Crippen molar-refractivity contribution >= 4 is 23.2 Å². The zero-order chi connectivity index (χ0) is 21.1. The van der Waals surface area contributed by atoms with E-state index in [1.807, 2.05) is 79.2 Å². The highest BCUT2D eigenvalue weighted by molar-refractivity contribution is 6.01. The number of aryl methyl sites for hydroxylation is 2. The second-order valence-corrected chi connectivity index (χ2v) is 7.32. The Hall–Kier alpha value is -3.80. The maximum Gasteiger partial charge on any atom is 0.234 e. The average Bonchev–Trinajstić information content (AvgIpc) is 3.18. The number of carbonyl (C=O) groups excluding carboxylic acids is 2. The van der Waals surface area contributed by atoms with Crippen LogP contribution in [-0.2, 0) is 4.79 Å². The van der Waals surface area contributed by atoms with Gasteiger partial charge in [0.05, 0.1) is 5.69 Å². The molecule has 4 rings (SSSR count). The summed E-state index contributed by atoms with van der Waals surface area (Å²) in [6, 6.07) is 15.1. The lowest BCUT2D eigenvalue weighted by atomic mass is 9.99. The first-order valence-corrected chi connectivity index (χ1v) is 9.80. The van der Waals surface area contributed by atoms with E-state index >= 15 is 0 Å². The molecule has 1 amide bonds. The number of anilines is 1. The van der Waals surface area contributed by atoms with Gasteiger partial charge in [-0.1, -0.05) is 29.8 Å². The molecule has 0 atom stereocenters. The number of fused-ring (bicyclic) bond motifs is 1. The lowest BCUT2D eigenvalue weighted by molar-refractivity contribution is -0.116. The third-order valence-electron chi connectivity index (χ3n) is 4.97. The number of ketones is 1. The molecule has 2 aromatic heterocycles. The topological polar surface area (TPSA) is 76.4 Å². The summed E-state index contributed by atoms with van der Waals surface area (Å²) in [5, 5.41) is 2.85. The maximum atomic E-state index is 12.5. The van der Waals surface area contributed by atoms with Gasteiger partial charge in [-0.05, 0) is 43.7 Å². The van der Waals surface area contributed by atoms with Crippen molar-refractivity contribution in [3.05, 3.63) is 83.8 Å². The van der Waals surface area contributed by atoms with Crippen molar-refractivity contribution in [1.82, 2.24) is 14.4 Å². The second kappa shape index (κ2) is 8.29. The fraction of sp³-hybridized carbons (Fsp3) is 0.167. The molecule has 4 aromatic rings. The third kappa shape index (κ3) is 4.27. The second-order valence-electron chi connectivity index (χ2n) is 7.32. The summed E-state index contributed by atoms with van der Waals surface area (Å²) in [4.78, 5) is 33.5. The van der Waals surface area contributed by atoms with E-state index in [4.69, 9.17) is 0 Å². The monoisotopic (exact) mass is 398 g/mol. The van der Waals surface area contributed by atoms with Crippen molar-refractivity contribution < 1.29 is 9.59 Å². The molecule has 0 radical (unpaired) electrons. The number of hydrogen-bond donors (Lipinski definition) is 1. The van der Waals surface area contributed by atoms with Gasteiger partial charge in [-0.25, -0.2) is 9.97 Å². The molecular formula is C24H22N4O2. The molecule has 0 bridgehead atoms. The summed E-state index contributed by atoms with van der Waals surface area (Å²) < 4.78 is 1.86. The van der Waals surface area contributed by atoms with E-state index in [2.05, 4.69) is 15.3 Å².